The Morgan fingerprint density at radius 2 is 1.28 bits per heavy atom. The van der Waals surface area contributed by atoms with E-state index in [1.165, 1.54) is 63.9 Å². The maximum absolute atomic E-state index is 11.4. The minimum atomic E-state index is -0.569. The second kappa shape index (κ2) is 19.0. The van der Waals surface area contributed by atoms with Crippen LogP contribution in [0.5, 0.6) is 0 Å². The molecule has 0 N–H and O–H groups in total. The standard InChI is InChI=1S/C22H38O3/c1-3-5-6-7-8-9-10-11-12-13-14-15-16-17-18-20-22(24)25-21(23)19-4-2/h4,11-12,19H,3,5-10,13-18,20H2,1-2H3. The Morgan fingerprint density at radius 1 is 0.760 bits per heavy atom. The molecule has 0 aliphatic carbocycles. The Kier molecular flexibility index (Phi) is 17.9. The molecule has 0 atom stereocenters. The Bertz CT molecular complexity index is 383. The van der Waals surface area contributed by atoms with Crippen molar-refractivity contribution in [3.63, 3.8) is 0 Å². The SMILES string of the molecule is CC=CC(=O)OC(=O)CCCCCCCC=CCCCCCCCC. The summed E-state index contributed by atoms with van der Waals surface area (Å²) in [6.45, 7) is 3.97. The largest absolute Gasteiger partial charge is 0.390 e. The molecule has 0 amide bonds. The van der Waals surface area contributed by atoms with E-state index in [9.17, 15) is 9.59 Å². The molecule has 0 aromatic heterocycles. The van der Waals surface area contributed by atoms with Gasteiger partial charge in [-0.05, 0) is 39.0 Å². The molecule has 3 heteroatoms. The molecule has 0 saturated carbocycles. The fraction of sp³-hybridized carbons (Fsp3) is 0.727. The second-order valence-corrected chi connectivity index (χ2v) is 6.63. The molecule has 0 heterocycles. The molecule has 0 fully saturated rings. The van der Waals surface area contributed by atoms with E-state index < -0.39 is 11.9 Å². The van der Waals surface area contributed by atoms with Gasteiger partial charge >= 0.3 is 11.9 Å². The van der Waals surface area contributed by atoms with E-state index in [1.54, 1.807) is 13.0 Å². The Morgan fingerprint density at radius 3 is 1.84 bits per heavy atom. The molecule has 0 spiro atoms. The van der Waals surface area contributed by atoms with Gasteiger partial charge < -0.3 is 4.74 Å². The number of carbonyl (C=O) groups excluding carboxylic acids is 2. The zero-order valence-electron chi connectivity index (χ0n) is 16.4. The van der Waals surface area contributed by atoms with Crippen molar-refractivity contribution in [2.45, 2.75) is 104 Å². The summed E-state index contributed by atoms with van der Waals surface area (Å²) in [6.07, 6.45) is 23.8. The summed E-state index contributed by atoms with van der Waals surface area (Å²) in [5.74, 6) is -0.985. The molecule has 0 aromatic carbocycles. The molecular weight excluding hydrogens is 312 g/mol. The first kappa shape index (κ1) is 23.6. The monoisotopic (exact) mass is 350 g/mol. The molecular formula is C22H38O3. The molecule has 3 nitrogen and oxygen atoms in total. The first-order valence-electron chi connectivity index (χ1n) is 10.2. The first-order valence-corrected chi connectivity index (χ1v) is 10.2. The normalized spacial score (nSPS) is 11.4. The average molecular weight is 351 g/mol. The van der Waals surface area contributed by atoms with Crippen LogP contribution in [0.3, 0.4) is 0 Å². The Balaban J connectivity index is 3.29. The van der Waals surface area contributed by atoms with Crippen LogP contribution in [-0.2, 0) is 14.3 Å². The minimum absolute atomic E-state index is 0.335. The summed E-state index contributed by atoms with van der Waals surface area (Å²) < 4.78 is 4.64. The van der Waals surface area contributed by atoms with Crippen LogP contribution in [0.4, 0.5) is 0 Å². The van der Waals surface area contributed by atoms with E-state index in [0.717, 1.165) is 25.7 Å². The van der Waals surface area contributed by atoms with Gasteiger partial charge in [0.25, 0.3) is 0 Å². The van der Waals surface area contributed by atoms with Crippen molar-refractivity contribution in [3.05, 3.63) is 24.3 Å². The number of unbranched alkanes of at least 4 members (excludes halogenated alkanes) is 11. The summed E-state index contributed by atoms with van der Waals surface area (Å²) in [6, 6.07) is 0. The molecule has 25 heavy (non-hydrogen) atoms. The maximum atomic E-state index is 11.4. The molecule has 0 radical (unpaired) electrons. The second-order valence-electron chi connectivity index (χ2n) is 6.63. The van der Waals surface area contributed by atoms with Crippen LogP contribution < -0.4 is 0 Å². The lowest BCUT2D eigenvalue weighted by atomic mass is 10.1. The number of hydrogen-bond donors (Lipinski definition) is 0. The van der Waals surface area contributed by atoms with Gasteiger partial charge in [0.15, 0.2) is 0 Å². The highest BCUT2D eigenvalue weighted by Crippen LogP contribution is 2.10. The van der Waals surface area contributed by atoms with Gasteiger partial charge in [-0.15, -0.1) is 0 Å². The van der Waals surface area contributed by atoms with Crippen molar-refractivity contribution in [2.24, 2.45) is 0 Å². The van der Waals surface area contributed by atoms with Gasteiger partial charge in [0.1, 0.15) is 0 Å². The third kappa shape index (κ3) is 18.8. The van der Waals surface area contributed by atoms with Crippen molar-refractivity contribution < 1.29 is 14.3 Å². The molecule has 0 bridgehead atoms. The van der Waals surface area contributed by atoms with Crippen molar-refractivity contribution in [1.82, 2.24) is 0 Å². The number of rotatable bonds is 16. The fourth-order valence-electron chi connectivity index (χ4n) is 2.67. The van der Waals surface area contributed by atoms with E-state index in [0.29, 0.717) is 6.42 Å². The van der Waals surface area contributed by atoms with Crippen molar-refractivity contribution >= 4 is 11.9 Å². The highest BCUT2D eigenvalue weighted by atomic mass is 16.6. The third-order valence-electron chi connectivity index (χ3n) is 4.16. The zero-order chi connectivity index (χ0) is 18.6. The molecule has 0 saturated heterocycles. The average Bonchev–Trinajstić information content (AvgIpc) is 2.58. The van der Waals surface area contributed by atoms with Crippen LogP contribution in [0.2, 0.25) is 0 Å². The van der Waals surface area contributed by atoms with Crippen molar-refractivity contribution in [3.8, 4) is 0 Å². The first-order chi connectivity index (χ1) is 12.2. The van der Waals surface area contributed by atoms with Gasteiger partial charge in [-0.1, -0.05) is 76.5 Å². The lowest BCUT2D eigenvalue weighted by Crippen LogP contribution is -2.09. The smallest absolute Gasteiger partial charge is 0.338 e. The number of hydrogen-bond acceptors (Lipinski definition) is 3. The fourth-order valence-corrected chi connectivity index (χ4v) is 2.67. The van der Waals surface area contributed by atoms with Gasteiger partial charge in [0.05, 0.1) is 0 Å². The van der Waals surface area contributed by atoms with Crippen LogP contribution in [-0.4, -0.2) is 11.9 Å². The van der Waals surface area contributed by atoms with Crippen LogP contribution in [0.25, 0.3) is 0 Å². The molecule has 0 aliphatic rings. The Hall–Kier alpha value is -1.38. The van der Waals surface area contributed by atoms with Gasteiger partial charge in [-0.3, -0.25) is 4.79 Å². The lowest BCUT2D eigenvalue weighted by molar-refractivity contribution is -0.156. The summed E-state index contributed by atoms with van der Waals surface area (Å²) in [4.78, 5) is 22.5. The minimum Gasteiger partial charge on any atom is -0.390 e. The highest BCUT2D eigenvalue weighted by molar-refractivity contribution is 5.91. The van der Waals surface area contributed by atoms with Crippen LogP contribution in [0.15, 0.2) is 24.3 Å². The number of ether oxygens (including phenoxy) is 1. The molecule has 0 rings (SSSR count). The Labute approximate surface area is 154 Å². The maximum Gasteiger partial charge on any atom is 0.338 e. The van der Waals surface area contributed by atoms with Crippen LogP contribution in [0.1, 0.15) is 104 Å². The molecule has 0 aromatic rings. The lowest BCUT2D eigenvalue weighted by Gasteiger charge is -2.01. The van der Waals surface area contributed by atoms with Gasteiger partial charge in [0.2, 0.25) is 0 Å². The number of esters is 2. The third-order valence-corrected chi connectivity index (χ3v) is 4.16. The summed E-state index contributed by atoms with van der Waals surface area (Å²) in [7, 11) is 0. The van der Waals surface area contributed by atoms with E-state index in [-0.39, 0.29) is 0 Å². The van der Waals surface area contributed by atoms with Gasteiger partial charge in [-0.2, -0.15) is 0 Å². The van der Waals surface area contributed by atoms with Gasteiger partial charge in [-0.25, -0.2) is 4.79 Å². The molecule has 0 aliphatic heterocycles. The summed E-state index contributed by atoms with van der Waals surface area (Å²) in [5.41, 5.74) is 0. The van der Waals surface area contributed by atoms with Gasteiger partial charge in [0, 0.05) is 12.5 Å². The van der Waals surface area contributed by atoms with E-state index in [4.69, 9.17) is 0 Å². The molecule has 144 valence electrons. The van der Waals surface area contributed by atoms with E-state index in [1.807, 2.05) is 0 Å². The van der Waals surface area contributed by atoms with E-state index in [2.05, 4.69) is 23.8 Å². The summed E-state index contributed by atoms with van der Waals surface area (Å²) >= 11 is 0. The van der Waals surface area contributed by atoms with Crippen molar-refractivity contribution in [2.75, 3.05) is 0 Å². The zero-order valence-corrected chi connectivity index (χ0v) is 16.4. The van der Waals surface area contributed by atoms with Crippen LogP contribution in [0, 0.1) is 0 Å². The number of allylic oxidation sites excluding steroid dienone is 3. The molecule has 0 unspecified atom stereocenters. The highest BCUT2D eigenvalue weighted by Gasteiger charge is 2.06. The summed E-state index contributed by atoms with van der Waals surface area (Å²) in [5, 5.41) is 0. The number of carbonyl (C=O) groups is 2. The van der Waals surface area contributed by atoms with Crippen molar-refractivity contribution in [1.29, 1.82) is 0 Å². The van der Waals surface area contributed by atoms with E-state index >= 15 is 0 Å². The predicted octanol–water partition coefficient (Wildman–Crippen LogP) is 6.67. The van der Waals surface area contributed by atoms with Crippen LogP contribution >= 0.6 is 0 Å². The predicted molar refractivity (Wildman–Crippen MR) is 105 cm³/mol. The quantitative estimate of drug-likeness (QED) is 0.103. The topological polar surface area (TPSA) is 43.4 Å².